The third-order valence-corrected chi connectivity index (χ3v) is 6.74. The molecule has 0 N–H and O–H groups in total. The zero-order chi connectivity index (χ0) is 12.9. The molecule has 2 saturated carbocycles. The van der Waals surface area contributed by atoms with E-state index in [1.165, 1.54) is 25.7 Å². The third kappa shape index (κ3) is 2.42. The van der Waals surface area contributed by atoms with Crippen LogP contribution in [0.5, 0.6) is 0 Å². The largest absolute Gasteiger partial charge is 0.377 e. The van der Waals surface area contributed by atoms with E-state index in [1.54, 1.807) is 0 Å². The summed E-state index contributed by atoms with van der Waals surface area (Å²) in [6, 6.07) is 0. The molecule has 2 aliphatic heterocycles. The van der Waals surface area contributed by atoms with Crippen LogP contribution in [0, 0.1) is 11.8 Å². The number of likely N-dealkylation sites (tertiary alicyclic amines) is 1. The van der Waals surface area contributed by atoms with Gasteiger partial charge in [0.25, 0.3) is 0 Å². The van der Waals surface area contributed by atoms with Crippen molar-refractivity contribution in [1.82, 2.24) is 4.90 Å². The Morgan fingerprint density at radius 3 is 2.68 bits per heavy atom. The Bertz CT molecular complexity index is 372. The van der Waals surface area contributed by atoms with Crippen LogP contribution in [0.4, 0.5) is 0 Å². The fourth-order valence-corrected chi connectivity index (χ4v) is 4.96. The Morgan fingerprint density at radius 1 is 1.26 bits per heavy atom. The molecule has 0 radical (unpaired) electrons. The van der Waals surface area contributed by atoms with Crippen LogP contribution in [0.2, 0.25) is 0 Å². The van der Waals surface area contributed by atoms with E-state index in [1.807, 2.05) is 0 Å². The molecule has 4 fully saturated rings. The fourth-order valence-electron chi connectivity index (χ4n) is 3.41. The highest BCUT2D eigenvalue weighted by Crippen LogP contribution is 2.47. The van der Waals surface area contributed by atoms with Gasteiger partial charge in [0.1, 0.15) is 0 Å². The van der Waals surface area contributed by atoms with Gasteiger partial charge in [-0.2, -0.15) is 0 Å². The molecule has 4 rings (SSSR count). The lowest BCUT2D eigenvalue weighted by molar-refractivity contribution is -0.143. The van der Waals surface area contributed by atoms with Crippen LogP contribution < -0.4 is 0 Å². The molecule has 2 heterocycles. The highest BCUT2D eigenvalue weighted by atomic mass is 32.2. The van der Waals surface area contributed by atoms with Crippen molar-refractivity contribution in [1.29, 1.82) is 0 Å². The van der Waals surface area contributed by atoms with Gasteiger partial charge in [-0.25, -0.2) is 0 Å². The molecule has 0 unspecified atom stereocenters. The lowest BCUT2D eigenvalue weighted by atomic mass is 9.82. The molecule has 0 bridgehead atoms. The van der Waals surface area contributed by atoms with Gasteiger partial charge in [0.2, 0.25) is 5.91 Å². The molecule has 2 saturated heterocycles. The van der Waals surface area contributed by atoms with E-state index in [0.717, 1.165) is 44.2 Å². The number of ether oxygens (including phenoxy) is 1. The molecular formula is C15H23NO2S. The van der Waals surface area contributed by atoms with Gasteiger partial charge in [-0.15, -0.1) is 11.8 Å². The van der Waals surface area contributed by atoms with E-state index in [4.69, 9.17) is 4.74 Å². The van der Waals surface area contributed by atoms with Crippen molar-refractivity contribution in [2.75, 3.05) is 25.4 Å². The first-order valence-electron chi connectivity index (χ1n) is 7.78. The number of rotatable bonds is 4. The van der Waals surface area contributed by atoms with Crippen LogP contribution >= 0.6 is 11.8 Å². The van der Waals surface area contributed by atoms with Crippen molar-refractivity contribution in [3.63, 3.8) is 0 Å². The first-order valence-corrected chi connectivity index (χ1v) is 8.77. The Balaban J connectivity index is 1.24. The second kappa shape index (κ2) is 4.66. The molecule has 2 aliphatic carbocycles. The number of carbonyl (C=O) groups excluding carboxylic acids is 1. The monoisotopic (exact) mass is 281 g/mol. The lowest BCUT2D eigenvalue weighted by Gasteiger charge is -2.49. The van der Waals surface area contributed by atoms with Crippen molar-refractivity contribution < 1.29 is 9.53 Å². The second-order valence-electron chi connectivity index (χ2n) is 6.92. The molecule has 1 atom stereocenters. The average molecular weight is 281 g/mol. The molecule has 0 aromatic heterocycles. The maximum Gasteiger partial charge on any atom is 0.225 e. The van der Waals surface area contributed by atoms with E-state index in [-0.39, 0.29) is 0 Å². The maximum atomic E-state index is 12.1. The average Bonchev–Trinajstić information content (AvgIpc) is 3.00. The van der Waals surface area contributed by atoms with Crippen LogP contribution in [0.1, 0.15) is 38.5 Å². The van der Waals surface area contributed by atoms with Crippen LogP contribution in [-0.4, -0.2) is 47.1 Å². The molecule has 4 aliphatic rings. The summed E-state index contributed by atoms with van der Waals surface area (Å²) in [5.74, 6) is 2.79. The molecule has 19 heavy (non-hydrogen) atoms. The molecule has 0 aromatic rings. The van der Waals surface area contributed by atoms with Crippen molar-refractivity contribution in [3.8, 4) is 0 Å². The summed E-state index contributed by atoms with van der Waals surface area (Å²) in [4.78, 5) is 14.2. The van der Waals surface area contributed by atoms with Crippen LogP contribution in [0.3, 0.4) is 0 Å². The summed E-state index contributed by atoms with van der Waals surface area (Å²) in [6.07, 6.45) is 7.86. The van der Waals surface area contributed by atoms with E-state index in [2.05, 4.69) is 16.7 Å². The lowest BCUT2D eigenvalue weighted by Crippen LogP contribution is -2.62. The van der Waals surface area contributed by atoms with Crippen LogP contribution in [0.25, 0.3) is 0 Å². The number of hydrogen-bond donors (Lipinski definition) is 0. The molecular weight excluding hydrogens is 258 g/mol. The zero-order valence-corrected chi connectivity index (χ0v) is 12.3. The number of nitrogens with zero attached hydrogens (tertiary/aromatic N) is 1. The van der Waals surface area contributed by atoms with E-state index < -0.39 is 0 Å². The molecule has 1 amide bonds. The summed E-state index contributed by atoms with van der Waals surface area (Å²) in [5, 5.41) is 0. The molecule has 106 valence electrons. The molecule has 3 nitrogen and oxygen atoms in total. The number of carbonyl (C=O) groups is 1. The van der Waals surface area contributed by atoms with Crippen LogP contribution in [-0.2, 0) is 9.53 Å². The Hall–Kier alpha value is -0.220. The van der Waals surface area contributed by atoms with Gasteiger partial charge in [-0.1, -0.05) is 6.42 Å². The smallest absolute Gasteiger partial charge is 0.225 e. The van der Waals surface area contributed by atoms with Crippen LogP contribution in [0.15, 0.2) is 0 Å². The summed E-state index contributed by atoms with van der Waals surface area (Å²) < 4.78 is 6.36. The van der Waals surface area contributed by atoms with Gasteiger partial charge in [0.05, 0.1) is 10.9 Å². The van der Waals surface area contributed by atoms with E-state index >= 15 is 0 Å². The van der Waals surface area contributed by atoms with Gasteiger partial charge in [0.15, 0.2) is 0 Å². The van der Waals surface area contributed by atoms with Gasteiger partial charge in [0, 0.05) is 31.4 Å². The topological polar surface area (TPSA) is 29.5 Å². The molecule has 1 spiro atoms. The number of thioether (sulfide) groups is 1. The van der Waals surface area contributed by atoms with Gasteiger partial charge >= 0.3 is 0 Å². The zero-order valence-electron chi connectivity index (χ0n) is 11.5. The normalized spacial score (nSPS) is 33.3. The fraction of sp³-hybridized carbons (Fsp3) is 0.933. The van der Waals surface area contributed by atoms with Gasteiger partial charge < -0.3 is 9.64 Å². The highest BCUT2D eigenvalue weighted by molar-refractivity contribution is 8.01. The summed E-state index contributed by atoms with van der Waals surface area (Å²) in [7, 11) is 0. The first-order chi connectivity index (χ1) is 9.24. The summed E-state index contributed by atoms with van der Waals surface area (Å²) in [5.41, 5.74) is 0. The predicted octanol–water partition coefficient (Wildman–Crippen LogP) is 2.30. The minimum atomic E-state index is 0.355. The Labute approximate surface area is 119 Å². The van der Waals surface area contributed by atoms with Gasteiger partial charge in [-0.05, 0) is 38.0 Å². The van der Waals surface area contributed by atoms with Crippen molar-refractivity contribution in [2.45, 2.75) is 49.4 Å². The second-order valence-corrected chi connectivity index (χ2v) is 8.41. The van der Waals surface area contributed by atoms with Crippen molar-refractivity contribution in [3.05, 3.63) is 0 Å². The standard InChI is InChI=1S/C15H23NO2S/c17-14(12-2-1-3-12)16-9-15(10-16)6-13(8-19-15)18-7-11-4-5-11/h11-13H,1-10H2/t13-/m1/s1. The Kier molecular flexibility index (Phi) is 3.07. The summed E-state index contributed by atoms with van der Waals surface area (Å²) >= 11 is 2.05. The van der Waals surface area contributed by atoms with Crippen molar-refractivity contribution in [2.24, 2.45) is 11.8 Å². The number of amides is 1. The summed E-state index contributed by atoms with van der Waals surface area (Å²) in [6.45, 7) is 2.94. The van der Waals surface area contributed by atoms with Crippen molar-refractivity contribution >= 4 is 17.7 Å². The first kappa shape index (κ1) is 12.5. The Morgan fingerprint density at radius 2 is 2.05 bits per heavy atom. The quantitative estimate of drug-likeness (QED) is 0.792. The highest BCUT2D eigenvalue weighted by Gasteiger charge is 2.52. The molecule has 4 heteroatoms. The predicted molar refractivity (Wildman–Crippen MR) is 76.2 cm³/mol. The minimum Gasteiger partial charge on any atom is -0.377 e. The van der Waals surface area contributed by atoms with E-state index in [9.17, 15) is 4.79 Å². The molecule has 0 aromatic carbocycles. The van der Waals surface area contributed by atoms with Gasteiger partial charge in [-0.3, -0.25) is 4.79 Å². The third-order valence-electron chi connectivity index (χ3n) is 5.16. The number of hydrogen-bond acceptors (Lipinski definition) is 3. The maximum absolute atomic E-state index is 12.1. The minimum absolute atomic E-state index is 0.355. The SMILES string of the molecule is O=C(C1CCC1)N1CC2(C[C@@H](OCC3CC3)CS2)C1. The van der Waals surface area contributed by atoms with E-state index in [0.29, 0.717) is 22.7 Å².